The summed E-state index contributed by atoms with van der Waals surface area (Å²) in [6, 6.07) is 7.18. The molecule has 1 atom stereocenters. The third-order valence-corrected chi connectivity index (χ3v) is 3.63. The fourth-order valence-electron chi connectivity index (χ4n) is 2.19. The van der Waals surface area contributed by atoms with Crippen molar-refractivity contribution in [3.8, 4) is 0 Å². The van der Waals surface area contributed by atoms with Gasteiger partial charge in [0.05, 0.1) is 7.11 Å². The molecule has 1 N–H and O–H groups in total. The molecule has 2 aromatic rings. The maximum absolute atomic E-state index is 12.0. The molecule has 0 aliphatic heterocycles. The van der Waals surface area contributed by atoms with E-state index < -0.39 is 6.04 Å². The Labute approximate surface area is 134 Å². The van der Waals surface area contributed by atoms with Gasteiger partial charge in [0, 0.05) is 23.5 Å². The molecule has 22 heavy (non-hydrogen) atoms. The molecule has 0 unspecified atom stereocenters. The van der Waals surface area contributed by atoms with E-state index in [-0.39, 0.29) is 5.97 Å². The highest BCUT2D eigenvalue weighted by molar-refractivity contribution is 6.31. The van der Waals surface area contributed by atoms with E-state index in [1.54, 1.807) is 6.21 Å². The number of nitrogens with one attached hydrogen (secondary N) is 1. The first-order valence-electron chi connectivity index (χ1n) is 7.02. The highest BCUT2D eigenvalue weighted by Gasteiger charge is 2.21. The summed E-state index contributed by atoms with van der Waals surface area (Å²) < 4.78 is 4.84. The van der Waals surface area contributed by atoms with Crippen LogP contribution in [-0.2, 0) is 16.0 Å². The van der Waals surface area contributed by atoms with Gasteiger partial charge in [-0.15, -0.1) is 0 Å². The van der Waals surface area contributed by atoms with E-state index in [0.29, 0.717) is 11.6 Å². The van der Waals surface area contributed by atoms with Crippen LogP contribution in [0.15, 0.2) is 40.9 Å². The quantitative estimate of drug-likeness (QED) is 0.670. The van der Waals surface area contributed by atoms with Gasteiger partial charge >= 0.3 is 5.97 Å². The van der Waals surface area contributed by atoms with Crippen molar-refractivity contribution >= 4 is 34.7 Å². The Morgan fingerprint density at radius 1 is 1.41 bits per heavy atom. The molecule has 0 amide bonds. The number of nitrogens with zero attached hydrogens (tertiary/aromatic N) is 1. The number of fused-ring (bicyclic) bond motifs is 1. The molecule has 0 fully saturated rings. The van der Waals surface area contributed by atoms with Gasteiger partial charge in [0.1, 0.15) is 5.15 Å². The van der Waals surface area contributed by atoms with Gasteiger partial charge in [-0.2, -0.15) is 0 Å². The zero-order valence-corrected chi connectivity index (χ0v) is 13.6. The number of rotatable bonds is 5. The summed E-state index contributed by atoms with van der Waals surface area (Å²) in [5.74, 6) is -0.375. The van der Waals surface area contributed by atoms with E-state index in [1.165, 1.54) is 7.11 Å². The number of halogens is 1. The molecule has 0 saturated heterocycles. The van der Waals surface area contributed by atoms with Crippen LogP contribution in [0.1, 0.15) is 19.4 Å². The van der Waals surface area contributed by atoms with Crippen LogP contribution in [0.5, 0.6) is 0 Å². The Balaban J connectivity index is 2.33. The van der Waals surface area contributed by atoms with E-state index in [0.717, 1.165) is 22.0 Å². The number of aromatic amines is 1. The second kappa shape index (κ2) is 7.27. The van der Waals surface area contributed by atoms with Crippen molar-refractivity contribution in [1.29, 1.82) is 0 Å². The Hall–Kier alpha value is -2.07. The fraction of sp³-hybridized carbons (Fsp3) is 0.294. The minimum absolute atomic E-state index is 0.375. The average Bonchev–Trinajstić information content (AvgIpc) is 2.81. The summed E-state index contributed by atoms with van der Waals surface area (Å²) in [6.07, 6.45) is 3.88. The number of hydrogen-bond donors (Lipinski definition) is 1. The Kier molecular flexibility index (Phi) is 5.39. The summed E-state index contributed by atoms with van der Waals surface area (Å²) in [5, 5.41) is 1.53. The number of aromatic nitrogens is 1. The van der Waals surface area contributed by atoms with Crippen LogP contribution >= 0.6 is 11.6 Å². The van der Waals surface area contributed by atoms with Gasteiger partial charge in [-0.1, -0.05) is 35.4 Å². The summed E-state index contributed by atoms with van der Waals surface area (Å²) in [7, 11) is 1.36. The smallest absolute Gasteiger partial charge is 0.330 e. The maximum Gasteiger partial charge on any atom is 0.330 e. The van der Waals surface area contributed by atoms with Crippen LogP contribution in [-0.4, -0.2) is 30.3 Å². The number of H-pyrrole nitrogens is 1. The normalized spacial score (nSPS) is 12.5. The number of esters is 1. The summed E-state index contributed by atoms with van der Waals surface area (Å²) in [5.41, 5.74) is 2.93. The number of benzene rings is 1. The molecule has 0 radical (unpaired) electrons. The molecule has 116 valence electrons. The topological polar surface area (TPSA) is 54.5 Å². The predicted molar refractivity (Wildman–Crippen MR) is 90.7 cm³/mol. The third-order valence-electron chi connectivity index (χ3n) is 3.31. The number of ether oxygens (including phenoxy) is 1. The lowest BCUT2D eigenvalue weighted by atomic mass is 10.1. The molecule has 1 aromatic heterocycles. The van der Waals surface area contributed by atoms with Gasteiger partial charge in [0.25, 0.3) is 0 Å². The number of aliphatic imine (C=N–C) groups is 1. The Morgan fingerprint density at radius 2 is 2.14 bits per heavy atom. The van der Waals surface area contributed by atoms with E-state index in [9.17, 15) is 4.79 Å². The molecule has 4 nitrogen and oxygen atoms in total. The molecule has 1 aromatic carbocycles. The second-order valence-electron chi connectivity index (χ2n) is 5.25. The van der Waals surface area contributed by atoms with Crippen molar-refractivity contribution in [2.24, 2.45) is 4.99 Å². The number of para-hydroxylation sites is 1. The summed E-state index contributed by atoms with van der Waals surface area (Å²) in [6.45, 7) is 3.94. The highest BCUT2D eigenvalue weighted by atomic mass is 35.5. The minimum atomic E-state index is -0.614. The van der Waals surface area contributed by atoms with Gasteiger partial charge in [-0.25, -0.2) is 4.79 Å². The van der Waals surface area contributed by atoms with E-state index in [4.69, 9.17) is 16.3 Å². The van der Waals surface area contributed by atoms with E-state index >= 15 is 0 Å². The zero-order chi connectivity index (χ0) is 16.1. The van der Waals surface area contributed by atoms with Gasteiger partial charge in [0.2, 0.25) is 0 Å². The number of carbonyl (C=O) groups is 1. The summed E-state index contributed by atoms with van der Waals surface area (Å²) in [4.78, 5) is 19.4. The Morgan fingerprint density at radius 3 is 2.82 bits per heavy atom. The number of carbonyl (C=O) groups excluding carboxylic acids is 1. The fourth-order valence-corrected chi connectivity index (χ4v) is 2.47. The molecule has 0 aliphatic rings. The molecule has 0 spiro atoms. The first kappa shape index (κ1) is 16.3. The number of methoxy groups -OCH3 is 1. The second-order valence-corrected chi connectivity index (χ2v) is 5.63. The van der Waals surface area contributed by atoms with Crippen LogP contribution in [0.25, 0.3) is 10.9 Å². The van der Waals surface area contributed by atoms with Gasteiger partial charge in [-0.05, 0) is 31.6 Å². The Bertz CT molecular complexity index is 727. The van der Waals surface area contributed by atoms with Crippen molar-refractivity contribution < 1.29 is 9.53 Å². The lowest BCUT2D eigenvalue weighted by Crippen LogP contribution is -2.23. The monoisotopic (exact) mass is 318 g/mol. The largest absolute Gasteiger partial charge is 0.467 e. The highest BCUT2D eigenvalue weighted by Crippen LogP contribution is 2.27. The van der Waals surface area contributed by atoms with Crippen LogP contribution in [0, 0.1) is 0 Å². The average molecular weight is 319 g/mol. The SMILES string of the molecule is COC(=O)[C@H](Cc1c(Cl)[nH]c2ccccc12)N=CC=C(C)C. The van der Waals surface area contributed by atoms with Crippen molar-refractivity contribution in [3.05, 3.63) is 46.6 Å². The molecule has 5 heteroatoms. The minimum Gasteiger partial charge on any atom is -0.467 e. The van der Waals surface area contributed by atoms with Gasteiger partial charge < -0.3 is 9.72 Å². The van der Waals surface area contributed by atoms with E-state index in [2.05, 4.69) is 9.98 Å². The molecule has 0 aliphatic carbocycles. The molecule has 2 rings (SSSR count). The first-order chi connectivity index (χ1) is 10.5. The predicted octanol–water partition coefficient (Wildman–Crippen LogP) is 3.94. The lowest BCUT2D eigenvalue weighted by Gasteiger charge is -2.09. The van der Waals surface area contributed by atoms with Crippen LogP contribution in [0.3, 0.4) is 0 Å². The molecular weight excluding hydrogens is 300 g/mol. The first-order valence-corrected chi connectivity index (χ1v) is 7.40. The van der Waals surface area contributed by atoms with Crippen molar-refractivity contribution in [2.75, 3.05) is 7.11 Å². The molecule has 0 bridgehead atoms. The number of hydrogen-bond acceptors (Lipinski definition) is 3. The van der Waals surface area contributed by atoms with Gasteiger partial charge in [-0.3, -0.25) is 4.99 Å². The van der Waals surface area contributed by atoms with E-state index in [1.807, 2.05) is 44.2 Å². The number of allylic oxidation sites excluding steroid dienone is 2. The van der Waals surface area contributed by atoms with Crippen molar-refractivity contribution in [2.45, 2.75) is 26.3 Å². The van der Waals surface area contributed by atoms with Crippen LogP contribution < -0.4 is 0 Å². The summed E-state index contributed by atoms with van der Waals surface area (Å²) >= 11 is 6.27. The molecular formula is C17H19ClN2O2. The van der Waals surface area contributed by atoms with Gasteiger partial charge in [0.15, 0.2) is 6.04 Å². The maximum atomic E-state index is 12.0. The van der Waals surface area contributed by atoms with Crippen LogP contribution in [0.2, 0.25) is 5.15 Å². The third kappa shape index (κ3) is 3.77. The standard InChI is InChI=1S/C17H19ClN2O2/c1-11(2)8-9-19-15(17(21)22-3)10-13-12-6-4-5-7-14(12)20-16(13)18/h4-9,15,20H,10H2,1-3H3/t15-/m0/s1. The van der Waals surface area contributed by atoms with Crippen molar-refractivity contribution in [1.82, 2.24) is 4.98 Å². The van der Waals surface area contributed by atoms with Crippen LogP contribution in [0.4, 0.5) is 0 Å². The zero-order valence-electron chi connectivity index (χ0n) is 12.9. The lowest BCUT2D eigenvalue weighted by molar-refractivity contribution is -0.142. The van der Waals surface area contributed by atoms with Crippen molar-refractivity contribution in [3.63, 3.8) is 0 Å². The molecule has 1 heterocycles. The molecule has 0 saturated carbocycles.